The average Bonchev–Trinajstić information content (AvgIpc) is 2.26. The van der Waals surface area contributed by atoms with Crippen LogP contribution in [0.25, 0.3) is 0 Å². The lowest BCUT2D eigenvalue weighted by atomic mass is 10.1. The summed E-state index contributed by atoms with van der Waals surface area (Å²) in [7, 11) is 0. The van der Waals surface area contributed by atoms with Crippen LogP contribution in [0.2, 0.25) is 0 Å². The third-order valence-electron chi connectivity index (χ3n) is 2.61. The Balaban J connectivity index is 2.43. The number of benzene rings is 1. The van der Waals surface area contributed by atoms with Gasteiger partial charge in [-0.25, -0.2) is 4.39 Å². The van der Waals surface area contributed by atoms with E-state index in [0.717, 1.165) is 12.8 Å². The van der Waals surface area contributed by atoms with Gasteiger partial charge in [0.15, 0.2) is 0 Å². The molecule has 0 aliphatic heterocycles. The molecule has 16 heavy (non-hydrogen) atoms. The third kappa shape index (κ3) is 4.29. The van der Waals surface area contributed by atoms with Crippen molar-refractivity contribution in [1.29, 1.82) is 0 Å². The van der Waals surface area contributed by atoms with Crippen LogP contribution in [0.15, 0.2) is 24.3 Å². The smallest absolute Gasteiger partial charge is 0.123 e. The van der Waals surface area contributed by atoms with Crippen molar-refractivity contribution in [3.63, 3.8) is 0 Å². The highest BCUT2D eigenvalue weighted by molar-refractivity contribution is 5.18. The topological polar surface area (TPSA) is 32.3 Å². The molecule has 0 fully saturated rings. The Morgan fingerprint density at radius 3 is 2.81 bits per heavy atom. The summed E-state index contributed by atoms with van der Waals surface area (Å²) in [6.07, 6.45) is 1.55. The Kier molecular flexibility index (Phi) is 5.43. The number of halogens is 1. The maximum atomic E-state index is 12.9. The molecule has 2 N–H and O–H groups in total. The van der Waals surface area contributed by atoms with E-state index >= 15 is 0 Å². The zero-order valence-electron chi connectivity index (χ0n) is 9.91. The van der Waals surface area contributed by atoms with Crippen LogP contribution in [0.5, 0.6) is 0 Å². The summed E-state index contributed by atoms with van der Waals surface area (Å²) in [5.41, 5.74) is 0.621. The molecule has 0 saturated heterocycles. The van der Waals surface area contributed by atoms with Gasteiger partial charge < -0.3 is 10.4 Å². The van der Waals surface area contributed by atoms with Crippen molar-refractivity contribution in [1.82, 2.24) is 5.32 Å². The lowest BCUT2D eigenvalue weighted by Gasteiger charge is -2.16. The van der Waals surface area contributed by atoms with Gasteiger partial charge in [-0.3, -0.25) is 0 Å². The zero-order valence-corrected chi connectivity index (χ0v) is 9.91. The minimum Gasteiger partial charge on any atom is -0.387 e. The fourth-order valence-corrected chi connectivity index (χ4v) is 1.68. The molecule has 0 spiro atoms. The van der Waals surface area contributed by atoms with Gasteiger partial charge in [-0.15, -0.1) is 0 Å². The van der Waals surface area contributed by atoms with E-state index in [4.69, 9.17) is 0 Å². The van der Waals surface area contributed by atoms with E-state index in [2.05, 4.69) is 19.2 Å². The third-order valence-corrected chi connectivity index (χ3v) is 2.61. The second-order valence-electron chi connectivity index (χ2n) is 4.17. The molecule has 0 bridgehead atoms. The molecule has 0 heterocycles. The van der Waals surface area contributed by atoms with Crippen molar-refractivity contribution in [2.75, 3.05) is 6.54 Å². The second-order valence-corrected chi connectivity index (χ2v) is 4.17. The lowest BCUT2D eigenvalue weighted by molar-refractivity contribution is 0.169. The van der Waals surface area contributed by atoms with Gasteiger partial charge in [0.25, 0.3) is 0 Å². The molecular weight excluding hydrogens is 205 g/mol. The first-order valence-corrected chi connectivity index (χ1v) is 5.80. The molecule has 3 heteroatoms. The van der Waals surface area contributed by atoms with Crippen molar-refractivity contribution in [3.8, 4) is 0 Å². The lowest BCUT2D eigenvalue weighted by Crippen LogP contribution is -2.30. The van der Waals surface area contributed by atoms with Crippen molar-refractivity contribution in [3.05, 3.63) is 35.6 Å². The van der Waals surface area contributed by atoms with Crippen molar-refractivity contribution in [2.45, 2.75) is 38.8 Å². The summed E-state index contributed by atoms with van der Waals surface area (Å²) >= 11 is 0. The molecule has 0 saturated carbocycles. The van der Waals surface area contributed by atoms with E-state index in [0.29, 0.717) is 18.2 Å². The summed E-state index contributed by atoms with van der Waals surface area (Å²) in [5, 5.41) is 13.1. The Bertz CT molecular complexity index is 317. The zero-order chi connectivity index (χ0) is 12.0. The molecular formula is C13H20FNO. The van der Waals surface area contributed by atoms with E-state index in [1.807, 2.05) is 0 Å². The maximum absolute atomic E-state index is 12.9. The van der Waals surface area contributed by atoms with Gasteiger partial charge in [0.1, 0.15) is 5.82 Å². The summed E-state index contributed by atoms with van der Waals surface area (Å²) in [6.45, 7) is 4.67. The number of hydrogen-bond donors (Lipinski definition) is 2. The number of aliphatic hydroxyl groups is 1. The highest BCUT2D eigenvalue weighted by Gasteiger charge is 2.09. The second kappa shape index (κ2) is 6.61. The van der Waals surface area contributed by atoms with E-state index in [-0.39, 0.29) is 5.82 Å². The summed E-state index contributed by atoms with van der Waals surface area (Å²) < 4.78 is 12.9. The molecule has 0 radical (unpaired) electrons. The first-order valence-electron chi connectivity index (χ1n) is 5.80. The fraction of sp³-hybridized carbons (Fsp3) is 0.538. The summed E-state index contributed by atoms with van der Waals surface area (Å²) in [4.78, 5) is 0. The van der Waals surface area contributed by atoms with Crippen molar-refractivity contribution >= 4 is 0 Å². The molecule has 0 aliphatic rings. The molecule has 0 aliphatic carbocycles. The maximum Gasteiger partial charge on any atom is 0.123 e. The Labute approximate surface area is 96.5 Å². The molecule has 1 rings (SSSR count). The minimum atomic E-state index is -0.644. The van der Waals surface area contributed by atoms with Gasteiger partial charge in [0.2, 0.25) is 0 Å². The predicted octanol–water partition coefficient (Wildman–Crippen LogP) is 2.64. The molecule has 2 nitrogen and oxygen atoms in total. The molecule has 0 amide bonds. The number of hydrogen-bond acceptors (Lipinski definition) is 2. The van der Waals surface area contributed by atoms with Crippen LogP contribution in [-0.2, 0) is 0 Å². The molecule has 2 atom stereocenters. The minimum absolute atomic E-state index is 0.307. The average molecular weight is 225 g/mol. The Morgan fingerprint density at radius 2 is 2.19 bits per heavy atom. The Morgan fingerprint density at radius 1 is 1.44 bits per heavy atom. The first kappa shape index (κ1) is 13.1. The molecule has 0 unspecified atom stereocenters. The predicted molar refractivity (Wildman–Crippen MR) is 63.7 cm³/mol. The van der Waals surface area contributed by atoms with Crippen molar-refractivity contribution in [2.24, 2.45) is 0 Å². The van der Waals surface area contributed by atoms with Crippen molar-refractivity contribution < 1.29 is 9.50 Å². The van der Waals surface area contributed by atoms with Gasteiger partial charge in [0.05, 0.1) is 6.10 Å². The highest BCUT2D eigenvalue weighted by Crippen LogP contribution is 2.13. The van der Waals surface area contributed by atoms with Gasteiger partial charge in [-0.1, -0.05) is 25.5 Å². The van der Waals surface area contributed by atoms with Crippen LogP contribution >= 0.6 is 0 Å². The van der Waals surface area contributed by atoms with Crippen LogP contribution in [0, 0.1) is 5.82 Å². The van der Waals surface area contributed by atoms with E-state index in [9.17, 15) is 9.50 Å². The van der Waals surface area contributed by atoms with Gasteiger partial charge in [-0.05, 0) is 31.0 Å². The molecule has 1 aromatic rings. The summed E-state index contributed by atoms with van der Waals surface area (Å²) in [5.74, 6) is -0.307. The number of aliphatic hydroxyl groups excluding tert-OH is 1. The van der Waals surface area contributed by atoms with E-state index in [1.54, 1.807) is 12.1 Å². The van der Waals surface area contributed by atoms with E-state index in [1.165, 1.54) is 12.1 Å². The van der Waals surface area contributed by atoms with Gasteiger partial charge >= 0.3 is 0 Å². The SMILES string of the molecule is CCC[C@@H](C)NC[C@H](O)c1cccc(F)c1. The molecule has 90 valence electrons. The van der Waals surface area contributed by atoms with Crippen LogP contribution in [-0.4, -0.2) is 17.7 Å². The highest BCUT2D eigenvalue weighted by atomic mass is 19.1. The van der Waals surface area contributed by atoms with Crippen LogP contribution < -0.4 is 5.32 Å². The monoisotopic (exact) mass is 225 g/mol. The number of nitrogens with one attached hydrogen (secondary N) is 1. The van der Waals surface area contributed by atoms with Crippen LogP contribution in [0.3, 0.4) is 0 Å². The number of rotatable bonds is 6. The largest absolute Gasteiger partial charge is 0.387 e. The van der Waals surface area contributed by atoms with E-state index < -0.39 is 6.10 Å². The van der Waals surface area contributed by atoms with Crippen LogP contribution in [0.1, 0.15) is 38.4 Å². The normalized spacial score (nSPS) is 14.8. The quantitative estimate of drug-likeness (QED) is 0.780. The first-order chi connectivity index (χ1) is 7.63. The Hall–Kier alpha value is -0.930. The fourth-order valence-electron chi connectivity index (χ4n) is 1.68. The van der Waals surface area contributed by atoms with Crippen LogP contribution in [0.4, 0.5) is 4.39 Å². The summed E-state index contributed by atoms with van der Waals surface area (Å²) in [6, 6.07) is 6.48. The van der Waals surface area contributed by atoms with Gasteiger partial charge in [0, 0.05) is 12.6 Å². The molecule has 1 aromatic carbocycles. The van der Waals surface area contributed by atoms with Gasteiger partial charge in [-0.2, -0.15) is 0 Å². The standard InChI is InChI=1S/C13H20FNO/c1-3-5-10(2)15-9-13(16)11-6-4-7-12(14)8-11/h4,6-8,10,13,15-16H,3,5,9H2,1-2H3/t10-,13+/m1/s1. The molecule has 0 aromatic heterocycles.